The van der Waals surface area contributed by atoms with E-state index < -0.39 is 11.6 Å². The summed E-state index contributed by atoms with van der Waals surface area (Å²) in [6, 6.07) is 8.33. The van der Waals surface area contributed by atoms with E-state index in [-0.39, 0.29) is 17.3 Å². The maximum atomic E-state index is 12.5. The molecule has 0 radical (unpaired) electrons. The zero-order chi connectivity index (χ0) is 28.5. The van der Waals surface area contributed by atoms with Crippen molar-refractivity contribution < 1.29 is 24.5 Å². The van der Waals surface area contributed by atoms with E-state index in [4.69, 9.17) is 9.84 Å². The van der Waals surface area contributed by atoms with Crippen LogP contribution in [0.3, 0.4) is 0 Å². The largest absolute Gasteiger partial charge is 0.494 e. The van der Waals surface area contributed by atoms with Gasteiger partial charge in [-0.15, -0.1) is 0 Å². The summed E-state index contributed by atoms with van der Waals surface area (Å²) >= 11 is 0. The van der Waals surface area contributed by atoms with Gasteiger partial charge in [0.25, 0.3) is 0 Å². The molecule has 40 heavy (non-hydrogen) atoms. The Hall–Kier alpha value is -2.14. The second-order valence-electron chi connectivity index (χ2n) is 14.2. The third kappa shape index (κ3) is 5.65. The monoisotopic (exact) mass is 550 g/mol. The van der Waals surface area contributed by atoms with Crippen LogP contribution in [-0.2, 0) is 16.0 Å². The average molecular weight is 551 g/mol. The van der Waals surface area contributed by atoms with Gasteiger partial charge >= 0.3 is 5.97 Å². The molecule has 7 atom stereocenters. The second kappa shape index (κ2) is 11.6. The summed E-state index contributed by atoms with van der Waals surface area (Å²) < 4.78 is 5.88. The van der Waals surface area contributed by atoms with Crippen molar-refractivity contribution in [3.05, 3.63) is 41.5 Å². The molecule has 4 aliphatic carbocycles. The standard InChI is InChI=1S/C35H50O5/c1-33-17-14-27(36)23-26(33)22-25(32-29(33)15-18-34(2)30(32)16-19-35(34,3)39)11-5-4-9-24-10-8-12-28(21-24)40-20-7-6-13-31(37)38/h8,10,12,21,23,25,29-30,32,39H,4-7,9,11,13-20,22H2,1-3H3,(H,37,38)/t25-,29+,30+,32-,33+,34+,35+/m1/s1. The number of carboxylic acids is 1. The van der Waals surface area contributed by atoms with Crippen molar-refractivity contribution in [1.29, 1.82) is 0 Å². The number of carboxylic acid groups (broad SMARTS) is 1. The molecular weight excluding hydrogens is 500 g/mol. The fourth-order valence-corrected chi connectivity index (χ4v) is 9.34. The Morgan fingerprint density at radius 2 is 1.82 bits per heavy atom. The number of allylic oxidation sites excluding steroid dienone is 1. The number of carbonyl (C=O) groups excluding carboxylic acids is 1. The van der Waals surface area contributed by atoms with Crippen LogP contribution in [-0.4, -0.2) is 34.2 Å². The fraction of sp³-hybridized carbons (Fsp3) is 0.714. The van der Waals surface area contributed by atoms with Crippen LogP contribution in [0.25, 0.3) is 0 Å². The minimum atomic E-state index is -0.753. The van der Waals surface area contributed by atoms with Gasteiger partial charge in [0, 0.05) is 12.8 Å². The Kier molecular flexibility index (Phi) is 8.53. The number of carbonyl (C=O) groups is 2. The fourth-order valence-electron chi connectivity index (χ4n) is 9.34. The van der Waals surface area contributed by atoms with Gasteiger partial charge in [-0.05, 0) is 136 Å². The number of aliphatic hydroxyl groups is 1. The Labute approximate surface area is 240 Å². The molecule has 0 spiro atoms. The van der Waals surface area contributed by atoms with E-state index in [1.54, 1.807) is 0 Å². The van der Waals surface area contributed by atoms with E-state index in [0.29, 0.717) is 48.9 Å². The number of fused-ring (bicyclic) bond motifs is 5. The lowest BCUT2D eigenvalue weighted by molar-refractivity contribution is -0.137. The maximum Gasteiger partial charge on any atom is 0.303 e. The summed E-state index contributed by atoms with van der Waals surface area (Å²) in [5.41, 5.74) is 2.30. The minimum absolute atomic E-state index is 0.00252. The van der Waals surface area contributed by atoms with Crippen molar-refractivity contribution in [2.75, 3.05) is 6.61 Å². The second-order valence-corrected chi connectivity index (χ2v) is 14.2. The van der Waals surface area contributed by atoms with Crippen molar-refractivity contribution >= 4 is 11.8 Å². The molecule has 0 aromatic heterocycles. The molecule has 0 saturated heterocycles. The van der Waals surface area contributed by atoms with Gasteiger partial charge in [0.05, 0.1) is 12.2 Å². The van der Waals surface area contributed by atoms with Gasteiger partial charge in [-0.2, -0.15) is 0 Å². The number of unbranched alkanes of at least 4 members (excludes halogenated alkanes) is 2. The predicted molar refractivity (Wildman–Crippen MR) is 157 cm³/mol. The van der Waals surface area contributed by atoms with Gasteiger partial charge in [-0.25, -0.2) is 0 Å². The maximum absolute atomic E-state index is 12.5. The van der Waals surface area contributed by atoms with Crippen molar-refractivity contribution in [2.24, 2.45) is 34.5 Å². The van der Waals surface area contributed by atoms with Crippen LogP contribution in [0.1, 0.15) is 110 Å². The molecule has 0 amide bonds. The molecule has 0 unspecified atom stereocenters. The van der Waals surface area contributed by atoms with Crippen LogP contribution in [0, 0.1) is 34.5 Å². The Bertz CT molecular complexity index is 1120. The number of ether oxygens (including phenoxy) is 1. The smallest absolute Gasteiger partial charge is 0.303 e. The Morgan fingerprint density at radius 1 is 1.02 bits per heavy atom. The molecule has 2 N–H and O–H groups in total. The average Bonchev–Trinajstić information content (AvgIpc) is 3.15. The molecule has 1 aromatic carbocycles. The van der Waals surface area contributed by atoms with Crippen LogP contribution in [0.15, 0.2) is 35.9 Å². The van der Waals surface area contributed by atoms with E-state index >= 15 is 0 Å². The van der Waals surface area contributed by atoms with E-state index in [1.807, 2.05) is 12.1 Å². The lowest BCUT2D eigenvalue weighted by Gasteiger charge is -2.61. The topological polar surface area (TPSA) is 83.8 Å². The van der Waals surface area contributed by atoms with Crippen LogP contribution >= 0.6 is 0 Å². The van der Waals surface area contributed by atoms with E-state index in [9.17, 15) is 14.7 Å². The number of ketones is 1. The summed E-state index contributed by atoms with van der Waals surface area (Å²) in [6.45, 7) is 7.46. The summed E-state index contributed by atoms with van der Waals surface area (Å²) in [5, 5.41) is 20.2. The van der Waals surface area contributed by atoms with Gasteiger partial charge in [-0.3, -0.25) is 9.59 Å². The van der Waals surface area contributed by atoms with Crippen LogP contribution in [0.2, 0.25) is 0 Å². The summed E-state index contributed by atoms with van der Waals surface area (Å²) in [4.78, 5) is 23.2. The van der Waals surface area contributed by atoms with Crippen LogP contribution in [0.4, 0.5) is 0 Å². The van der Waals surface area contributed by atoms with Gasteiger partial charge < -0.3 is 14.9 Å². The van der Waals surface area contributed by atoms with Gasteiger partial charge in [0.2, 0.25) is 0 Å². The number of rotatable bonds is 11. The Morgan fingerprint density at radius 3 is 2.62 bits per heavy atom. The van der Waals surface area contributed by atoms with Gasteiger partial charge in [0.15, 0.2) is 5.78 Å². The first-order valence-corrected chi connectivity index (χ1v) is 15.9. The molecule has 3 saturated carbocycles. The van der Waals surface area contributed by atoms with Gasteiger partial charge in [-0.1, -0.05) is 38.0 Å². The molecule has 220 valence electrons. The zero-order valence-electron chi connectivity index (χ0n) is 24.9. The SMILES string of the molecule is C[C@]12CCC(=O)C=C1C[C@@H](CCCCc1cccc(OCCCCC(=O)O)c1)[C@@H]1[C@@H]2CC[C@@]2(C)[C@H]1CC[C@]2(C)O. The third-order valence-electron chi connectivity index (χ3n) is 11.9. The van der Waals surface area contributed by atoms with E-state index in [2.05, 4.69) is 39.0 Å². The van der Waals surface area contributed by atoms with Crippen molar-refractivity contribution in [3.8, 4) is 5.75 Å². The summed E-state index contributed by atoms with van der Waals surface area (Å²) in [5.74, 6) is 2.86. The highest BCUT2D eigenvalue weighted by Gasteiger charge is 2.64. The molecule has 0 aliphatic heterocycles. The van der Waals surface area contributed by atoms with Gasteiger partial charge in [0.1, 0.15) is 5.75 Å². The Balaban J connectivity index is 1.22. The minimum Gasteiger partial charge on any atom is -0.494 e. The lowest BCUT2D eigenvalue weighted by Crippen LogP contribution is -2.56. The highest BCUT2D eigenvalue weighted by Crippen LogP contribution is 2.69. The first kappa shape index (κ1) is 29.4. The number of aliphatic carboxylic acids is 1. The first-order chi connectivity index (χ1) is 19.0. The number of hydrogen-bond acceptors (Lipinski definition) is 4. The quantitative estimate of drug-likeness (QED) is 0.278. The van der Waals surface area contributed by atoms with E-state index in [1.165, 1.54) is 30.4 Å². The highest BCUT2D eigenvalue weighted by atomic mass is 16.5. The molecule has 0 bridgehead atoms. The summed E-state index contributed by atoms with van der Waals surface area (Å²) in [6.07, 6.45) is 15.2. The molecular formula is C35H50O5. The molecule has 1 aromatic rings. The molecule has 5 nitrogen and oxygen atoms in total. The zero-order valence-corrected chi connectivity index (χ0v) is 24.9. The predicted octanol–water partition coefficient (Wildman–Crippen LogP) is 7.54. The highest BCUT2D eigenvalue weighted by molar-refractivity contribution is 5.91. The molecule has 5 heteroatoms. The first-order valence-electron chi connectivity index (χ1n) is 15.9. The third-order valence-corrected chi connectivity index (χ3v) is 11.9. The van der Waals surface area contributed by atoms with Crippen LogP contribution in [0.5, 0.6) is 5.75 Å². The van der Waals surface area contributed by atoms with Crippen molar-refractivity contribution in [1.82, 2.24) is 0 Å². The van der Waals surface area contributed by atoms with Crippen molar-refractivity contribution in [2.45, 2.75) is 116 Å². The van der Waals surface area contributed by atoms with Crippen LogP contribution < -0.4 is 4.74 Å². The van der Waals surface area contributed by atoms with Crippen molar-refractivity contribution in [3.63, 3.8) is 0 Å². The molecule has 5 rings (SSSR count). The lowest BCUT2D eigenvalue weighted by atomic mass is 9.44. The number of benzene rings is 1. The summed E-state index contributed by atoms with van der Waals surface area (Å²) in [7, 11) is 0. The number of aryl methyl sites for hydroxylation is 1. The van der Waals surface area contributed by atoms with E-state index in [0.717, 1.165) is 57.1 Å². The molecule has 0 heterocycles. The molecule has 3 fully saturated rings. The normalized spacial score (nSPS) is 36.8. The number of hydrogen-bond donors (Lipinski definition) is 2. The molecule has 4 aliphatic rings.